The molecule has 6 heteroatoms. The van der Waals surface area contributed by atoms with Crippen LogP contribution in [0.25, 0.3) is 6.08 Å². The molecule has 0 atom stereocenters. The van der Waals surface area contributed by atoms with E-state index < -0.39 is 5.91 Å². The molecule has 1 heterocycles. The van der Waals surface area contributed by atoms with E-state index in [1.165, 1.54) is 18.4 Å². The van der Waals surface area contributed by atoms with Gasteiger partial charge in [0.25, 0.3) is 5.91 Å². The van der Waals surface area contributed by atoms with Crippen LogP contribution in [-0.2, 0) is 11.3 Å². The molecule has 6 nitrogen and oxygen atoms in total. The van der Waals surface area contributed by atoms with Crippen molar-refractivity contribution in [3.05, 3.63) is 53.5 Å². The number of furan rings is 1. The third-order valence-corrected chi connectivity index (χ3v) is 2.96. The standard InChI is InChI=1S/C17H16N2O4/c1-2-22-16-9-12(5-6-15(16)20)8-13(10-18)17(21)19-11-14-4-3-7-23-14/h3-9,20H,2,11H2,1H3,(H,19,21)/b13-8-. The Morgan fingerprint density at radius 1 is 1.48 bits per heavy atom. The maximum atomic E-state index is 12.0. The lowest BCUT2D eigenvalue weighted by Crippen LogP contribution is -2.23. The second-order valence-electron chi connectivity index (χ2n) is 4.59. The number of amides is 1. The highest BCUT2D eigenvalue weighted by Crippen LogP contribution is 2.27. The number of carbonyl (C=O) groups is 1. The molecule has 1 amide bonds. The van der Waals surface area contributed by atoms with Crippen molar-refractivity contribution in [1.29, 1.82) is 5.26 Å². The van der Waals surface area contributed by atoms with Gasteiger partial charge in [-0.25, -0.2) is 0 Å². The normalized spacial score (nSPS) is 10.9. The lowest BCUT2D eigenvalue weighted by atomic mass is 10.1. The molecule has 0 fully saturated rings. The Labute approximate surface area is 133 Å². The van der Waals surface area contributed by atoms with Gasteiger partial charge in [0.15, 0.2) is 11.5 Å². The Hall–Kier alpha value is -3.20. The Morgan fingerprint density at radius 2 is 2.30 bits per heavy atom. The molecule has 0 aliphatic carbocycles. The number of nitrogens with zero attached hydrogens (tertiary/aromatic N) is 1. The summed E-state index contributed by atoms with van der Waals surface area (Å²) < 4.78 is 10.4. The van der Waals surface area contributed by atoms with E-state index >= 15 is 0 Å². The largest absolute Gasteiger partial charge is 0.504 e. The number of benzene rings is 1. The van der Waals surface area contributed by atoms with E-state index in [1.54, 1.807) is 31.2 Å². The number of nitriles is 1. The second-order valence-corrected chi connectivity index (χ2v) is 4.59. The van der Waals surface area contributed by atoms with Gasteiger partial charge in [-0.2, -0.15) is 5.26 Å². The van der Waals surface area contributed by atoms with Crippen LogP contribution in [0.4, 0.5) is 0 Å². The van der Waals surface area contributed by atoms with Crippen LogP contribution >= 0.6 is 0 Å². The third kappa shape index (κ3) is 4.38. The van der Waals surface area contributed by atoms with Gasteiger partial charge in [-0.15, -0.1) is 0 Å². The Balaban J connectivity index is 2.13. The maximum absolute atomic E-state index is 12.0. The minimum Gasteiger partial charge on any atom is -0.504 e. The lowest BCUT2D eigenvalue weighted by molar-refractivity contribution is -0.117. The molecule has 0 unspecified atom stereocenters. The molecule has 0 radical (unpaired) electrons. The minimum absolute atomic E-state index is 0.00442. The zero-order chi connectivity index (χ0) is 16.7. The number of carbonyl (C=O) groups excluding carboxylic acids is 1. The summed E-state index contributed by atoms with van der Waals surface area (Å²) in [5.41, 5.74) is 0.528. The maximum Gasteiger partial charge on any atom is 0.262 e. The van der Waals surface area contributed by atoms with Crippen LogP contribution in [0, 0.1) is 11.3 Å². The predicted molar refractivity (Wildman–Crippen MR) is 83.4 cm³/mol. The second kappa shape index (κ2) is 7.71. The molecule has 0 aliphatic rings. The van der Waals surface area contributed by atoms with E-state index in [1.807, 2.05) is 6.07 Å². The molecule has 1 aromatic heterocycles. The molecule has 2 rings (SSSR count). The van der Waals surface area contributed by atoms with E-state index in [2.05, 4.69) is 5.32 Å². The van der Waals surface area contributed by atoms with Crippen molar-refractivity contribution in [3.63, 3.8) is 0 Å². The van der Waals surface area contributed by atoms with E-state index in [4.69, 9.17) is 14.4 Å². The molecular formula is C17H16N2O4. The summed E-state index contributed by atoms with van der Waals surface area (Å²) in [4.78, 5) is 12.0. The van der Waals surface area contributed by atoms with E-state index in [0.717, 1.165) is 0 Å². The molecule has 0 saturated heterocycles. The van der Waals surface area contributed by atoms with Crippen LogP contribution in [0.3, 0.4) is 0 Å². The van der Waals surface area contributed by atoms with Crippen LogP contribution < -0.4 is 10.1 Å². The number of aromatic hydroxyl groups is 1. The van der Waals surface area contributed by atoms with Crippen molar-refractivity contribution in [3.8, 4) is 17.6 Å². The number of hydrogen-bond donors (Lipinski definition) is 2. The summed E-state index contributed by atoms with van der Waals surface area (Å²) >= 11 is 0. The highest BCUT2D eigenvalue weighted by molar-refractivity contribution is 6.01. The van der Waals surface area contributed by atoms with Gasteiger partial charge in [-0.3, -0.25) is 4.79 Å². The quantitative estimate of drug-likeness (QED) is 0.631. The topological polar surface area (TPSA) is 95.5 Å². The molecule has 0 aliphatic heterocycles. The van der Waals surface area contributed by atoms with Crippen LogP contribution in [0.2, 0.25) is 0 Å². The molecule has 118 valence electrons. The van der Waals surface area contributed by atoms with Crippen molar-refractivity contribution in [1.82, 2.24) is 5.32 Å². The van der Waals surface area contributed by atoms with Crippen molar-refractivity contribution in [2.45, 2.75) is 13.5 Å². The molecular weight excluding hydrogens is 296 g/mol. The average molecular weight is 312 g/mol. The van der Waals surface area contributed by atoms with Crippen molar-refractivity contribution in [2.24, 2.45) is 0 Å². The van der Waals surface area contributed by atoms with Crippen LogP contribution in [0.1, 0.15) is 18.2 Å². The Kier molecular flexibility index (Phi) is 5.42. The van der Waals surface area contributed by atoms with Crippen molar-refractivity contribution >= 4 is 12.0 Å². The summed E-state index contributed by atoms with van der Waals surface area (Å²) in [6.45, 7) is 2.39. The fourth-order valence-corrected chi connectivity index (χ4v) is 1.88. The van der Waals surface area contributed by atoms with E-state index in [9.17, 15) is 9.90 Å². The van der Waals surface area contributed by atoms with Gasteiger partial charge in [0, 0.05) is 0 Å². The van der Waals surface area contributed by atoms with Crippen LogP contribution in [0.15, 0.2) is 46.6 Å². The number of rotatable bonds is 6. The van der Waals surface area contributed by atoms with Crippen molar-refractivity contribution < 1.29 is 19.1 Å². The summed E-state index contributed by atoms with van der Waals surface area (Å²) in [5, 5.41) is 21.4. The van der Waals surface area contributed by atoms with Gasteiger partial charge >= 0.3 is 0 Å². The first-order valence-corrected chi connectivity index (χ1v) is 7.02. The SMILES string of the molecule is CCOc1cc(/C=C(/C#N)C(=O)NCc2ccco2)ccc1O. The Morgan fingerprint density at radius 3 is 2.96 bits per heavy atom. The highest BCUT2D eigenvalue weighted by Gasteiger charge is 2.10. The third-order valence-electron chi connectivity index (χ3n) is 2.96. The summed E-state index contributed by atoms with van der Waals surface area (Å²) in [7, 11) is 0. The number of hydrogen-bond acceptors (Lipinski definition) is 5. The van der Waals surface area contributed by atoms with Gasteiger partial charge in [0.1, 0.15) is 17.4 Å². The van der Waals surface area contributed by atoms with Gasteiger partial charge in [0.2, 0.25) is 0 Å². The number of phenolic OH excluding ortho intramolecular Hbond substituents is 1. The first-order valence-electron chi connectivity index (χ1n) is 7.02. The fourth-order valence-electron chi connectivity index (χ4n) is 1.88. The molecule has 2 N–H and O–H groups in total. The van der Waals surface area contributed by atoms with E-state index in [0.29, 0.717) is 23.7 Å². The smallest absolute Gasteiger partial charge is 0.262 e. The molecule has 0 saturated carbocycles. The lowest BCUT2D eigenvalue weighted by Gasteiger charge is -2.07. The molecule has 0 bridgehead atoms. The molecule has 23 heavy (non-hydrogen) atoms. The zero-order valence-corrected chi connectivity index (χ0v) is 12.6. The molecule has 2 aromatic rings. The minimum atomic E-state index is -0.505. The fraction of sp³-hybridized carbons (Fsp3) is 0.176. The van der Waals surface area contributed by atoms with Gasteiger partial charge in [-0.05, 0) is 42.8 Å². The van der Waals surface area contributed by atoms with Crippen LogP contribution in [-0.4, -0.2) is 17.6 Å². The van der Waals surface area contributed by atoms with Gasteiger partial charge in [0.05, 0.1) is 19.4 Å². The highest BCUT2D eigenvalue weighted by atomic mass is 16.5. The summed E-state index contributed by atoms with van der Waals surface area (Å²) in [6, 6.07) is 9.91. The van der Waals surface area contributed by atoms with Crippen LogP contribution in [0.5, 0.6) is 11.5 Å². The molecule has 1 aromatic carbocycles. The number of ether oxygens (including phenoxy) is 1. The summed E-state index contributed by atoms with van der Waals surface area (Å²) in [6.07, 6.45) is 2.94. The predicted octanol–water partition coefficient (Wildman–Crippen LogP) is 2.61. The van der Waals surface area contributed by atoms with Gasteiger partial charge in [-0.1, -0.05) is 6.07 Å². The van der Waals surface area contributed by atoms with Gasteiger partial charge < -0.3 is 19.6 Å². The van der Waals surface area contributed by atoms with Crippen molar-refractivity contribution in [2.75, 3.05) is 6.61 Å². The van der Waals surface area contributed by atoms with E-state index in [-0.39, 0.29) is 17.9 Å². The molecule has 0 spiro atoms. The Bertz CT molecular complexity index is 742. The average Bonchev–Trinajstić information content (AvgIpc) is 3.07. The zero-order valence-electron chi connectivity index (χ0n) is 12.6. The number of nitrogens with one attached hydrogen (secondary N) is 1. The number of phenols is 1. The summed E-state index contributed by atoms with van der Waals surface area (Å²) in [5.74, 6) is 0.396. The first kappa shape index (κ1) is 16.2. The first-order chi connectivity index (χ1) is 11.1. The monoisotopic (exact) mass is 312 g/mol.